The number of nitrogens with one attached hydrogen (secondary N) is 1. The predicted molar refractivity (Wildman–Crippen MR) is 105 cm³/mol. The van der Waals surface area contributed by atoms with Crippen LogP contribution in [-0.2, 0) is 21.4 Å². The van der Waals surface area contributed by atoms with Crippen LogP contribution in [0.3, 0.4) is 0 Å². The van der Waals surface area contributed by atoms with Crippen LogP contribution >= 0.6 is 0 Å². The van der Waals surface area contributed by atoms with Crippen molar-refractivity contribution in [1.82, 2.24) is 9.62 Å². The van der Waals surface area contributed by atoms with E-state index in [0.717, 1.165) is 21.0 Å². The number of benzene rings is 2. The fourth-order valence-corrected chi connectivity index (χ4v) is 3.74. The van der Waals surface area contributed by atoms with E-state index < -0.39 is 10.0 Å². The van der Waals surface area contributed by atoms with Crippen LogP contribution in [0.5, 0.6) is 5.75 Å². The summed E-state index contributed by atoms with van der Waals surface area (Å²) in [6.07, 6.45) is 0. The van der Waals surface area contributed by atoms with Crippen LogP contribution in [0.15, 0.2) is 47.4 Å². The van der Waals surface area contributed by atoms with Gasteiger partial charge in [-0.15, -0.1) is 0 Å². The Hall–Kier alpha value is -2.38. The van der Waals surface area contributed by atoms with Gasteiger partial charge in [-0.25, -0.2) is 8.42 Å². The van der Waals surface area contributed by atoms with E-state index in [4.69, 9.17) is 4.74 Å². The number of ether oxygens (including phenoxy) is 1. The van der Waals surface area contributed by atoms with Gasteiger partial charge in [-0.3, -0.25) is 4.79 Å². The van der Waals surface area contributed by atoms with Gasteiger partial charge in [0.2, 0.25) is 15.9 Å². The molecule has 1 amide bonds. The number of sulfonamides is 1. The molecule has 1 N–H and O–H groups in total. The fourth-order valence-electron chi connectivity index (χ4n) is 2.53. The Morgan fingerprint density at radius 1 is 1.11 bits per heavy atom. The molecule has 0 bridgehead atoms. The van der Waals surface area contributed by atoms with Crippen LogP contribution in [0.1, 0.15) is 23.6 Å². The number of rotatable bonds is 8. The van der Waals surface area contributed by atoms with Crippen molar-refractivity contribution in [2.75, 3.05) is 20.2 Å². The third-order valence-corrected chi connectivity index (χ3v) is 5.93. The van der Waals surface area contributed by atoms with Gasteiger partial charge < -0.3 is 10.1 Å². The predicted octanol–water partition coefficient (Wildman–Crippen LogP) is 2.64. The summed E-state index contributed by atoms with van der Waals surface area (Å²) in [5, 5.41) is 2.75. The van der Waals surface area contributed by atoms with E-state index in [0.29, 0.717) is 18.9 Å². The van der Waals surface area contributed by atoms with Crippen molar-refractivity contribution in [3.05, 3.63) is 59.2 Å². The first-order chi connectivity index (χ1) is 12.7. The Morgan fingerprint density at radius 3 is 2.37 bits per heavy atom. The molecule has 0 fully saturated rings. The molecule has 0 unspecified atom stereocenters. The van der Waals surface area contributed by atoms with Gasteiger partial charge in [0.25, 0.3) is 0 Å². The van der Waals surface area contributed by atoms with Gasteiger partial charge in [0.05, 0.1) is 18.0 Å². The molecule has 7 heteroatoms. The van der Waals surface area contributed by atoms with Gasteiger partial charge in [-0.1, -0.05) is 29.8 Å². The molecule has 0 atom stereocenters. The van der Waals surface area contributed by atoms with Crippen molar-refractivity contribution >= 4 is 15.9 Å². The molecule has 0 heterocycles. The Labute approximate surface area is 161 Å². The number of likely N-dealkylation sites (N-methyl/N-ethyl adjacent to an activating group) is 1. The molecule has 0 aliphatic heterocycles. The summed E-state index contributed by atoms with van der Waals surface area (Å²) in [5.74, 6) is 0.291. The zero-order chi connectivity index (χ0) is 20.0. The lowest BCUT2D eigenvalue weighted by Crippen LogP contribution is -2.38. The first-order valence-corrected chi connectivity index (χ1v) is 10.2. The summed E-state index contributed by atoms with van der Waals surface area (Å²) >= 11 is 0. The molecule has 2 aromatic carbocycles. The third kappa shape index (κ3) is 5.55. The van der Waals surface area contributed by atoms with Crippen molar-refractivity contribution in [2.24, 2.45) is 0 Å². The molecule has 2 rings (SSSR count). The Bertz CT molecular complexity index is 893. The molecule has 0 spiro atoms. The average molecular weight is 391 g/mol. The van der Waals surface area contributed by atoms with Gasteiger partial charge in [-0.2, -0.15) is 4.31 Å². The van der Waals surface area contributed by atoms with E-state index in [1.807, 2.05) is 38.1 Å². The van der Waals surface area contributed by atoms with Crippen molar-refractivity contribution in [1.29, 1.82) is 0 Å². The highest BCUT2D eigenvalue weighted by atomic mass is 32.2. The van der Waals surface area contributed by atoms with Crippen molar-refractivity contribution in [2.45, 2.75) is 32.2 Å². The molecular weight excluding hydrogens is 364 g/mol. The Kier molecular flexibility index (Phi) is 6.98. The highest BCUT2D eigenvalue weighted by molar-refractivity contribution is 7.89. The number of carbonyl (C=O) groups excluding carboxylic acids is 1. The van der Waals surface area contributed by atoms with Gasteiger partial charge in [0.15, 0.2) is 0 Å². The van der Waals surface area contributed by atoms with Crippen LogP contribution in [0, 0.1) is 13.8 Å². The van der Waals surface area contributed by atoms with Gasteiger partial charge in [-0.05, 0) is 50.1 Å². The maximum Gasteiger partial charge on any atom is 0.243 e. The lowest BCUT2D eigenvalue weighted by Gasteiger charge is -2.18. The molecule has 0 aromatic heterocycles. The summed E-state index contributed by atoms with van der Waals surface area (Å²) in [5.41, 5.74) is 2.83. The molecule has 146 valence electrons. The van der Waals surface area contributed by atoms with E-state index in [-0.39, 0.29) is 17.3 Å². The van der Waals surface area contributed by atoms with Crippen LogP contribution in [0.25, 0.3) is 0 Å². The second-order valence-electron chi connectivity index (χ2n) is 6.38. The van der Waals surface area contributed by atoms with Crippen molar-refractivity contribution < 1.29 is 17.9 Å². The Morgan fingerprint density at radius 2 is 1.78 bits per heavy atom. The number of amides is 1. The lowest BCUT2D eigenvalue weighted by atomic mass is 10.1. The van der Waals surface area contributed by atoms with E-state index in [1.165, 1.54) is 13.1 Å². The first-order valence-electron chi connectivity index (χ1n) is 8.76. The van der Waals surface area contributed by atoms with Gasteiger partial charge >= 0.3 is 0 Å². The second kappa shape index (κ2) is 9.01. The molecule has 0 aliphatic rings. The highest BCUT2D eigenvalue weighted by Gasteiger charge is 2.23. The number of hydrogen-bond donors (Lipinski definition) is 1. The topological polar surface area (TPSA) is 75.7 Å². The number of nitrogens with zero attached hydrogens (tertiary/aromatic N) is 1. The molecule has 2 aromatic rings. The summed E-state index contributed by atoms with van der Waals surface area (Å²) < 4.78 is 31.9. The first kappa shape index (κ1) is 20.9. The van der Waals surface area contributed by atoms with Gasteiger partial charge in [0, 0.05) is 13.6 Å². The van der Waals surface area contributed by atoms with E-state index in [9.17, 15) is 13.2 Å². The molecule has 0 aliphatic carbocycles. The normalized spacial score (nSPS) is 11.4. The minimum Gasteiger partial charge on any atom is -0.494 e. The van der Waals surface area contributed by atoms with Crippen molar-refractivity contribution in [3.63, 3.8) is 0 Å². The second-order valence-corrected chi connectivity index (χ2v) is 8.43. The SMILES string of the molecule is CCOc1ccc(S(=O)(=O)N(C)CC(=O)NCc2ccc(C)cc2)cc1C. The summed E-state index contributed by atoms with van der Waals surface area (Å²) in [6.45, 7) is 6.26. The maximum atomic E-state index is 12.7. The van der Waals surface area contributed by atoms with Crippen molar-refractivity contribution in [3.8, 4) is 5.75 Å². The summed E-state index contributed by atoms with van der Waals surface area (Å²) in [7, 11) is -2.36. The van der Waals surface area contributed by atoms with Crippen LogP contribution in [0.4, 0.5) is 0 Å². The van der Waals surface area contributed by atoms with Crippen LogP contribution in [0.2, 0.25) is 0 Å². The monoisotopic (exact) mass is 390 g/mol. The standard InChI is InChI=1S/C20H26N2O4S/c1-5-26-19-11-10-18(12-16(19)3)27(24,25)22(4)14-20(23)21-13-17-8-6-15(2)7-9-17/h6-12H,5,13-14H2,1-4H3,(H,21,23). The number of carbonyl (C=O) groups is 1. The fraction of sp³-hybridized carbons (Fsp3) is 0.350. The zero-order valence-electron chi connectivity index (χ0n) is 16.2. The largest absolute Gasteiger partial charge is 0.494 e. The minimum absolute atomic E-state index is 0.136. The molecule has 27 heavy (non-hydrogen) atoms. The van der Waals surface area contributed by atoms with Gasteiger partial charge in [0.1, 0.15) is 5.75 Å². The third-order valence-electron chi connectivity index (χ3n) is 4.13. The quantitative estimate of drug-likeness (QED) is 0.752. The van der Waals surface area contributed by atoms with E-state index >= 15 is 0 Å². The number of hydrogen-bond acceptors (Lipinski definition) is 4. The highest BCUT2D eigenvalue weighted by Crippen LogP contribution is 2.23. The molecule has 6 nitrogen and oxygen atoms in total. The Balaban J connectivity index is 2.00. The van der Waals surface area contributed by atoms with Crippen LogP contribution < -0.4 is 10.1 Å². The number of aryl methyl sites for hydroxylation is 2. The van der Waals surface area contributed by atoms with E-state index in [2.05, 4.69) is 5.32 Å². The summed E-state index contributed by atoms with van der Waals surface area (Å²) in [4.78, 5) is 12.3. The molecule has 0 saturated carbocycles. The molecule has 0 radical (unpaired) electrons. The zero-order valence-corrected chi connectivity index (χ0v) is 17.0. The molecular formula is C20H26N2O4S. The smallest absolute Gasteiger partial charge is 0.243 e. The minimum atomic E-state index is -3.76. The lowest BCUT2D eigenvalue weighted by molar-refractivity contribution is -0.121. The van der Waals surface area contributed by atoms with E-state index in [1.54, 1.807) is 19.1 Å². The van der Waals surface area contributed by atoms with Crippen LogP contribution in [-0.4, -0.2) is 38.8 Å². The maximum absolute atomic E-state index is 12.7. The average Bonchev–Trinajstić information content (AvgIpc) is 2.63. The summed E-state index contributed by atoms with van der Waals surface area (Å²) in [6, 6.07) is 12.5. The molecule has 0 saturated heterocycles.